The van der Waals surface area contributed by atoms with Crippen molar-refractivity contribution >= 4 is 69.2 Å². The predicted octanol–water partition coefficient (Wildman–Crippen LogP) is 4.58. The first-order valence-corrected chi connectivity index (χ1v) is 8.40. The molecule has 0 saturated heterocycles. The minimum Gasteiger partial charge on any atom is -0.477 e. The molecule has 9 heteroatoms. The minimum atomic E-state index is -1.13. The van der Waals surface area contributed by atoms with Gasteiger partial charge in [0.05, 0.1) is 15.7 Å². The lowest BCUT2D eigenvalue weighted by molar-refractivity contribution is 0.0702. The zero-order valence-corrected chi connectivity index (χ0v) is 14.7. The lowest BCUT2D eigenvalue weighted by Crippen LogP contribution is -2.14. The molecule has 0 aliphatic rings. The summed E-state index contributed by atoms with van der Waals surface area (Å²) >= 11 is 18.7. The molecule has 0 aliphatic heterocycles. The van der Waals surface area contributed by atoms with Crippen molar-refractivity contribution in [3.8, 4) is 0 Å². The van der Waals surface area contributed by atoms with E-state index in [0.717, 1.165) is 21.3 Å². The van der Waals surface area contributed by atoms with Gasteiger partial charge in [-0.3, -0.25) is 9.20 Å². The average molecular weight is 402 g/mol. The fourth-order valence-corrected chi connectivity index (χ4v) is 3.26. The average Bonchev–Trinajstić information content (AvgIpc) is 2.97. The molecule has 0 bridgehead atoms. The highest BCUT2D eigenvalue weighted by Crippen LogP contribution is 2.24. The maximum absolute atomic E-state index is 12.2. The van der Waals surface area contributed by atoms with Crippen LogP contribution in [0.5, 0.6) is 0 Å². The molecule has 1 N–H and O–H groups in total. The van der Waals surface area contributed by atoms with Crippen LogP contribution in [-0.4, -0.2) is 20.5 Å². The Balaban J connectivity index is 2.07. The molecule has 24 heavy (non-hydrogen) atoms. The maximum atomic E-state index is 12.2. The lowest BCUT2D eigenvalue weighted by atomic mass is 10.2. The second-order valence-corrected chi connectivity index (χ2v) is 6.88. The van der Waals surface area contributed by atoms with E-state index in [9.17, 15) is 9.59 Å². The van der Waals surface area contributed by atoms with Crippen molar-refractivity contribution in [2.24, 2.45) is 0 Å². The molecule has 122 valence electrons. The van der Waals surface area contributed by atoms with Crippen LogP contribution in [0.4, 0.5) is 0 Å². The van der Waals surface area contributed by atoms with Gasteiger partial charge in [-0.1, -0.05) is 58.3 Å². The van der Waals surface area contributed by atoms with Crippen LogP contribution < -0.4 is 5.56 Å². The number of aromatic carboxylic acids is 1. The number of carbonyl (C=O) groups is 1. The van der Waals surface area contributed by atoms with Crippen LogP contribution in [-0.2, 0) is 0 Å². The van der Waals surface area contributed by atoms with Crippen molar-refractivity contribution in [2.45, 2.75) is 0 Å². The molecule has 3 aromatic rings. The normalized spacial score (nSPS) is 11.5. The van der Waals surface area contributed by atoms with E-state index in [-0.39, 0.29) is 20.6 Å². The van der Waals surface area contributed by atoms with Crippen molar-refractivity contribution in [2.75, 3.05) is 0 Å². The number of rotatable bonds is 3. The first-order chi connectivity index (χ1) is 11.4. The van der Waals surface area contributed by atoms with E-state index < -0.39 is 11.5 Å². The summed E-state index contributed by atoms with van der Waals surface area (Å²) in [6, 6.07) is 5.06. The summed E-state index contributed by atoms with van der Waals surface area (Å²) in [4.78, 5) is 27.7. The summed E-state index contributed by atoms with van der Waals surface area (Å²) in [6.07, 6.45) is 4.44. The molecule has 0 saturated carbocycles. The Bertz CT molecular complexity index is 1060. The first-order valence-electron chi connectivity index (χ1n) is 6.45. The van der Waals surface area contributed by atoms with Crippen molar-refractivity contribution in [1.29, 1.82) is 0 Å². The Morgan fingerprint density at radius 2 is 1.96 bits per heavy atom. The Morgan fingerprint density at radius 1 is 1.21 bits per heavy atom. The van der Waals surface area contributed by atoms with E-state index in [4.69, 9.17) is 39.9 Å². The van der Waals surface area contributed by atoms with Gasteiger partial charge in [0, 0.05) is 6.20 Å². The van der Waals surface area contributed by atoms with E-state index in [1.807, 2.05) is 0 Å². The zero-order valence-electron chi connectivity index (χ0n) is 11.7. The smallest absolute Gasteiger partial charge is 0.347 e. The number of carboxylic acid groups (broad SMARTS) is 1. The van der Waals surface area contributed by atoms with Crippen LogP contribution in [0.25, 0.3) is 17.1 Å². The predicted molar refractivity (Wildman–Crippen MR) is 96.7 cm³/mol. The highest BCUT2D eigenvalue weighted by Gasteiger charge is 2.14. The Kier molecular flexibility index (Phi) is 4.64. The largest absolute Gasteiger partial charge is 0.477 e. The van der Waals surface area contributed by atoms with Gasteiger partial charge >= 0.3 is 5.97 Å². The Hall–Kier alpha value is -1.86. The number of carboxylic acids is 1. The van der Waals surface area contributed by atoms with Gasteiger partial charge in [-0.15, -0.1) is 0 Å². The number of thiazole rings is 1. The molecule has 0 atom stereocenters. The molecule has 3 rings (SSSR count). The van der Waals surface area contributed by atoms with Gasteiger partial charge in [-0.05, 0) is 23.8 Å². The maximum Gasteiger partial charge on any atom is 0.347 e. The Labute approximate surface area is 154 Å². The molecule has 5 nitrogen and oxygen atoms in total. The molecule has 2 heterocycles. The van der Waals surface area contributed by atoms with Crippen molar-refractivity contribution in [3.05, 3.63) is 66.0 Å². The second-order valence-electron chi connectivity index (χ2n) is 4.68. The van der Waals surface area contributed by atoms with Gasteiger partial charge in [0.15, 0.2) is 4.96 Å². The van der Waals surface area contributed by atoms with Gasteiger partial charge in [-0.2, -0.15) is 0 Å². The van der Waals surface area contributed by atoms with Gasteiger partial charge in [0.25, 0.3) is 5.56 Å². The third-order valence-corrected chi connectivity index (χ3v) is 5.15. The molecular weight excluding hydrogens is 395 g/mol. The molecule has 0 spiro atoms. The third kappa shape index (κ3) is 3.18. The summed E-state index contributed by atoms with van der Waals surface area (Å²) in [6.45, 7) is 0. The number of hydrogen-bond donors (Lipinski definition) is 1. The molecule has 0 fully saturated rings. The SMILES string of the molecule is O=C(O)c1cn2c(=O)c(Cl)c(/C=C/c3ccc(Cl)c(Cl)c3)nc2s1. The van der Waals surface area contributed by atoms with Gasteiger partial charge in [0.1, 0.15) is 9.90 Å². The molecule has 0 amide bonds. The van der Waals surface area contributed by atoms with Crippen molar-refractivity contribution < 1.29 is 9.90 Å². The van der Waals surface area contributed by atoms with Crippen LogP contribution in [0.3, 0.4) is 0 Å². The van der Waals surface area contributed by atoms with Crippen molar-refractivity contribution in [3.63, 3.8) is 0 Å². The molecular formula is C15H7Cl3N2O3S. The van der Waals surface area contributed by atoms with Crippen LogP contribution in [0, 0.1) is 0 Å². The summed E-state index contributed by atoms with van der Waals surface area (Å²) < 4.78 is 1.12. The quantitative estimate of drug-likeness (QED) is 0.697. The fraction of sp³-hybridized carbons (Fsp3) is 0. The molecule has 1 aromatic carbocycles. The third-order valence-electron chi connectivity index (χ3n) is 3.09. The number of benzene rings is 1. The van der Waals surface area contributed by atoms with Gasteiger partial charge in [-0.25, -0.2) is 9.78 Å². The highest BCUT2D eigenvalue weighted by atomic mass is 35.5. The topological polar surface area (TPSA) is 71.7 Å². The van der Waals surface area contributed by atoms with E-state index in [1.54, 1.807) is 30.4 Å². The summed E-state index contributed by atoms with van der Waals surface area (Å²) in [5.41, 5.74) is 0.464. The molecule has 0 aliphatic carbocycles. The van der Waals surface area contributed by atoms with Gasteiger partial charge < -0.3 is 5.11 Å². The highest BCUT2D eigenvalue weighted by molar-refractivity contribution is 7.18. The second kappa shape index (κ2) is 6.57. The Morgan fingerprint density at radius 3 is 2.62 bits per heavy atom. The summed E-state index contributed by atoms with van der Waals surface area (Å²) in [5.74, 6) is -1.13. The van der Waals surface area contributed by atoms with E-state index in [0.29, 0.717) is 10.0 Å². The first kappa shape index (κ1) is 17.0. The number of aromatic nitrogens is 2. The van der Waals surface area contributed by atoms with Crippen LogP contribution in [0.15, 0.2) is 29.2 Å². The van der Waals surface area contributed by atoms with Gasteiger partial charge in [0.2, 0.25) is 0 Å². The summed E-state index contributed by atoms with van der Waals surface area (Å²) in [5, 5.41) is 9.75. The van der Waals surface area contributed by atoms with Crippen LogP contribution in [0.2, 0.25) is 15.1 Å². The number of fused-ring (bicyclic) bond motifs is 1. The summed E-state index contributed by atoms with van der Waals surface area (Å²) in [7, 11) is 0. The number of halogens is 3. The number of hydrogen-bond acceptors (Lipinski definition) is 4. The minimum absolute atomic E-state index is 0.00118. The van der Waals surface area contributed by atoms with E-state index >= 15 is 0 Å². The van der Waals surface area contributed by atoms with Crippen molar-refractivity contribution in [1.82, 2.24) is 9.38 Å². The standard InChI is InChI=1S/C15H7Cl3N2O3S/c16-8-3-1-7(5-9(8)17)2-4-10-12(18)13(21)20-6-11(14(22)23)24-15(20)19-10/h1-6H,(H,22,23)/b4-2+. The molecule has 0 unspecified atom stereocenters. The van der Waals surface area contributed by atoms with E-state index in [2.05, 4.69) is 4.98 Å². The number of nitrogens with zero attached hydrogens (tertiary/aromatic N) is 2. The zero-order chi connectivity index (χ0) is 17.4. The van der Waals surface area contributed by atoms with E-state index in [1.165, 1.54) is 6.20 Å². The fourth-order valence-electron chi connectivity index (χ4n) is 1.94. The molecule has 0 radical (unpaired) electrons. The van der Waals surface area contributed by atoms with Crippen LogP contribution >= 0.6 is 46.1 Å². The monoisotopic (exact) mass is 400 g/mol. The van der Waals surface area contributed by atoms with Crippen LogP contribution in [0.1, 0.15) is 20.9 Å². The lowest BCUT2D eigenvalue weighted by Gasteiger charge is -2.00. The molecule has 2 aromatic heterocycles.